The first-order valence-electron chi connectivity index (χ1n) is 2.70. The molecular formula is C6H11NO2. The zero-order chi connectivity index (χ0) is 7.28. The first kappa shape index (κ1) is 8.17. The normalized spacial score (nSPS) is 11.2. The molecule has 0 aromatic rings. The average molecular weight is 129 g/mol. The smallest absolute Gasteiger partial charge is 0.220 e. The fraction of sp³-hybridized carbons (Fsp3) is 0.500. The van der Waals surface area contributed by atoms with E-state index in [1.165, 1.54) is 13.1 Å². The molecule has 3 heteroatoms. The average Bonchev–Trinajstić information content (AvgIpc) is 1.83. The summed E-state index contributed by atoms with van der Waals surface area (Å²) in [7, 11) is 0. The lowest BCUT2D eigenvalue weighted by Gasteiger charge is -1.94. The molecule has 0 rings (SSSR count). The summed E-state index contributed by atoms with van der Waals surface area (Å²) in [5, 5.41) is 10.9. The van der Waals surface area contributed by atoms with Gasteiger partial charge in [0.05, 0.1) is 6.61 Å². The molecule has 0 saturated heterocycles. The zero-order valence-electron chi connectivity index (χ0n) is 5.64. The highest BCUT2D eigenvalue weighted by molar-refractivity contribution is 5.73. The maximum absolute atomic E-state index is 10.2. The molecule has 0 aromatic carbocycles. The summed E-state index contributed by atoms with van der Waals surface area (Å²) >= 11 is 0. The maximum atomic E-state index is 10.2. The molecule has 9 heavy (non-hydrogen) atoms. The summed E-state index contributed by atoms with van der Waals surface area (Å²) < 4.78 is 0. The van der Waals surface area contributed by atoms with E-state index in [1.807, 2.05) is 0 Å². The number of hydrogen-bond donors (Lipinski definition) is 2. The number of hydrogen-bond acceptors (Lipinski definition) is 2. The Morgan fingerprint density at radius 2 is 2.22 bits per heavy atom. The van der Waals surface area contributed by atoms with Gasteiger partial charge in [0.15, 0.2) is 0 Å². The summed E-state index contributed by atoms with van der Waals surface area (Å²) in [6.07, 6.45) is 1.49. The van der Waals surface area contributed by atoms with E-state index in [-0.39, 0.29) is 12.5 Å². The highest BCUT2D eigenvalue weighted by atomic mass is 16.3. The van der Waals surface area contributed by atoms with Crippen LogP contribution in [0.5, 0.6) is 0 Å². The van der Waals surface area contributed by atoms with E-state index in [9.17, 15) is 4.79 Å². The van der Waals surface area contributed by atoms with Crippen molar-refractivity contribution < 1.29 is 9.90 Å². The van der Waals surface area contributed by atoms with E-state index in [1.54, 1.807) is 6.92 Å². The van der Waals surface area contributed by atoms with Crippen molar-refractivity contribution in [1.29, 1.82) is 0 Å². The van der Waals surface area contributed by atoms with Crippen LogP contribution < -0.4 is 5.32 Å². The van der Waals surface area contributed by atoms with E-state index in [2.05, 4.69) is 5.32 Å². The fourth-order valence-corrected chi connectivity index (χ4v) is 0.270. The van der Waals surface area contributed by atoms with Gasteiger partial charge >= 0.3 is 0 Å². The van der Waals surface area contributed by atoms with Crippen LogP contribution in [0.3, 0.4) is 0 Å². The number of aliphatic hydroxyl groups is 1. The van der Waals surface area contributed by atoms with Crippen molar-refractivity contribution in [3.63, 3.8) is 0 Å². The number of amides is 1. The molecule has 0 aliphatic heterocycles. The van der Waals surface area contributed by atoms with Crippen molar-refractivity contribution in [2.75, 3.05) is 6.61 Å². The molecule has 52 valence electrons. The van der Waals surface area contributed by atoms with Crippen LogP contribution in [0.15, 0.2) is 11.8 Å². The van der Waals surface area contributed by atoms with Gasteiger partial charge in [-0.25, -0.2) is 0 Å². The molecule has 0 aliphatic rings. The topological polar surface area (TPSA) is 49.3 Å². The number of nitrogens with one attached hydrogen (secondary N) is 1. The van der Waals surface area contributed by atoms with Gasteiger partial charge in [-0.05, 0) is 12.5 Å². The van der Waals surface area contributed by atoms with Crippen LogP contribution in [0.1, 0.15) is 13.8 Å². The molecule has 3 nitrogen and oxygen atoms in total. The summed E-state index contributed by atoms with van der Waals surface area (Å²) in [5.41, 5.74) is 0.741. The minimum atomic E-state index is -0.122. The lowest BCUT2D eigenvalue weighted by atomic mass is 10.3. The van der Waals surface area contributed by atoms with E-state index >= 15 is 0 Å². The van der Waals surface area contributed by atoms with Crippen LogP contribution >= 0.6 is 0 Å². The second kappa shape index (κ2) is 4.09. The Morgan fingerprint density at radius 3 is 2.56 bits per heavy atom. The Labute approximate surface area is 54.4 Å². The van der Waals surface area contributed by atoms with E-state index in [0.717, 1.165) is 5.57 Å². The van der Waals surface area contributed by atoms with Crippen molar-refractivity contribution in [2.24, 2.45) is 0 Å². The fourth-order valence-electron chi connectivity index (χ4n) is 0.270. The van der Waals surface area contributed by atoms with Gasteiger partial charge in [0.25, 0.3) is 0 Å². The summed E-state index contributed by atoms with van der Waals surface area (Å²) in [6, 6.07) is 0. The molecule has 0 spiro atoms. The van der Waals surface area contributed by atoms with Gasteiger partial charge in [0.2, 0.25) is 5.91 Å². The Kier molecular flexibility index (Phi) is 3.71. The van der Waals surface area contributed by atoms with Gasteiger partial charge in [-0.15, -0.1) is 0 Å². The van der Waals surface area contributed by atoms with Crippen molar-refractivity contribution >= 4 is 5.91 Å². The van der Waals surface area contributed by atoms with E-state index in [4.69, 9.17) is 5.11 Å². The number of carbonyl (C=O) groups excluding carboxylic acids is 1. The molecule has 0 heterocycles. The van der Waals surface area contributed by atoms with Crippen molar-refractivity contribution in [2.45, 2.75) is 13.8 Å². The summed E-state index contributed by atoms with van der Waals surface area (Å²) in [5.74, 6) is -0.122. The Morgan fingerprint density at radius 1 is 1.67 bits per heavy atom. The molecule has 0 bridgehead atoms. The second-order valence-electron chi connectivity index (χ2n) is 1.85. The zero-order valence-corrected chi connectivity index (χ0v) is 5.64. The maximum Gasteiger partial charge on any atom is 0.220 e. The highest BCUT2D eigenvalue weighted by Crippen LogP contribution is 1.84. The van der Waals surface area contributed by atoms with Crippen LogP contribution in [-0.4, -0.2) is 17.6 Å². The molecule has 0 fully saturated rings. The monoisotopic (exact) mass is 129 g/mol. The lowest BCUT2D eigenvalue weighted by molar-refractivity contribution is -0.118. The van der Waals surface area contributed by atoms with Crippen LogP contribution in [0.25, 0.3) is 0 Å². The minimum absolute atomic E-state index is 0.0136. The number of carbonyl (C=O) groups is 1. The molecule has 0 radical (unpaired) electrons. The lowest BCUT2D eigenvalue weighted by Crippen LogP contribution is -2.12. The Bertz CT molecular complexity index is 129. The van der Waals surface area contributed by atoms with E-state index < -0.39 is 0 Å². The van der Waals surface area contributed by atoms with Gasteiger partial charge in [-0.2, -0.15) is 0 Å². The predicted molar refractivity (Wildman–Crippen MR) is 34.7 cm³/mol. The molecule has 2 N–H and O–H groups in total. The first-order chi connectivity index (χ1) is 4.16. The summed E-state index contributed by atoms with van der Waals surface area (Å²) in [4.78, 5) is 10.2. The molecule has 1 amide bonds. The molecular weight excluding hydrogens is 118 g/mol. The highest BCUT2D eigenvalue weighted by Gasteiger charge is 1.85. The Balaban J connectivity index is 3.56. The third kappa shape index (κ3) is 5.03. The van der Waals surface area contributed by atoms with Crippen LogP contribution in [0.4, 0.5) is 0 Å². The molecule has 0 saturated carbocycles. The third-order valence-corrected chi connectivity index (χ3v) is 0.771. The molecule has 0 aliphatic carbocycles. The Hall–Kier alpha value is -0.830. The van der Waals surface area contributed by atoms with Gasteiger partial charge in [0, 0.05) is 13.1 Å². The molecule has 0 atom stereocenters. The van der Waals surface area contributed by atoms with E-state index in [0.29, 0.717) is 0 Å². The summed E-state index contributed by atoms with van der Waals surface area (Å²) in [6.45, 7) is 3.14. The minimum Gasteiger partial charge on any atom is -0.392 e. The van der Waals surface area contributed by atoms with Crippen LogP contribution in [0, 0.1) is 0 Å². The SMILES string of the molecule is CC(=O)N/C=C(\C)CO. The van der Waals surface area contributed by atoms with Crippen molar-refractivity contribution in [3.05, 3.63) is 11.8 Å². The second-order valence-corrected chi connectivity index (χ2v) is 1.85. The van der Waals surface area contributed by atoms with Gasteiger partial charge in [-0.1, -0.05) is 0 Å². The quantitative estimate of drug-likeness (QED) is 0.552. The standard InChI is InChI=1S/C6H11NO2/c1-5(4-8)3-7-6(2)9/h3,8H,4H2,1-2H3,(H,7,9)/b5-3+. The number of rotatable bonds is 2. The van der Waals surface area contributed by atoms with Crippen LogP contribution in [-0.2, 0) is 4.79 Å². The largest absolute Gasteiger partial charge is 0.392 e. The molecule has 0 unspecified atom stereocenters. The van der Waals surface area contributed by atoms with Crippen molar-refractivity contribution in [3.8, 4) is 0 Å². The van der Waals surface area contributed by atoms with Crippen molar-refractivity contribution in [1.82, 2.24) is 5.32 Å². The van der Waals surface area contributed by atoms with Gasteiger partial charge < -0.3 is 10.4 Å². The first-order valence-corrected chi connectivity index (χ1v) is 2.70. The van der Waals surface area contributed by atoms with Gasteiger partial charge in [0.1, 0.15) is 0 Å². The third-order valence-electron chi connectivity index (χ3n) is 0.771. The molecule has 0 aromatic heterocycles. The van der Waals surface area contributed by atoms with Crippen LogP contribution in [0.2, 0.25) is 0 Å². The number of aliphatic hydroxyl groups excluding tert-OH is 1. The predicted octanol–water partition coefficient (Wildman–Crippen LogP) is 0.0186. The van der Waals surface area contributed by atoms with Gasteiger partial charge in [-0.3, -0.25) is 4.79 Å².